The van der Waals surface area contributed by atoms with Crippen LogP contribution in [0.5, 0.6) is 0 Å². The Kier molecular flexibility index (Phi) is 2.84. The molecule has 1 atom stereocenters. The molecule has 0 amide bonds. The fourth-order valence-electron chi connectivity index (χ4n) is 1.67. The molecule has 1 N–H and O–H groups in total. The number of H-pyrrole nitrogens is 1. The molecular weight excluding hydrogens is 269 g/mol. The van der Waals surface area contributed by atoms with Crippen LogP contribution in [0.3, 0.4) is 0 Å². The second-order valence-corrected chi connectivity index (χ2v) is 4.83. The zero-order chi connectivity index (χ0) is 13.7. The van der Waals surface area contributed by atoms with Crippen molar-refractivity contribution in [1.29, 1.82) is 0 Å². The van der Waals surface area contributed by atoms with Crippen LogP contribution in [0.4, 0.5) is 13.2 Å². The predicted molar refractivity (Wildman–Crippen MR) is 62.2 cm³/mol. The Morgan fingerprint density at radius 1 is 1.39 bits per heavy atom. The first kappa shape index (κ1) is 12.9. The number of aromatic amines is 1. The van der Waals surface area contributed by atoms with E-state index in [0.29, 0.717) is 10.4 Å². The Labute approximate surface area is 103 Å². The van der Waals surface area contributed by atoms with E-state index >= 15 is 0 Å². The molecule has 0 aromatic carbocycles. The summed E-state index contributed by atoms with van der Waals surface area (Å²) in [6.45, 7) is 2.39. The highest BCUT2D eigenvalue weighted by molar-refractivity contribution is 7.16. The SMILES string of the molecule is Cc1csc2[nH]c(=O)n(C(C)C(F)(F)F)c(=O)c12. The van der Waals surface area contributed by atoms with Gasteiger partial charge in [0.25, 0.3) is 5.56 Å². The number of aryl methyl sites for hydroxylation is 1. The van der Waals surface area contributed by atoms with Crippen molar-refractivity contribution in [2.45, 2.75) is 26.1 Å². The molecule has 1 unspecified atom stereocenters. The summed E-state index contributed by atoms with van der Waals surface area (Å²) in [6, 6.07) is -2.16. The van der Waals surface area contributed by atoms with Crippen LogP contribution >= 0.6 is 11.3 Å². The van der Waals surface area contributed by atoms with Gasteiger partial charge in [0, 0.05) is 0 Å². The molecule has 0 spiro atoms. The lowest BCUT2D eigenvalue weighted by molar-refractivity contribution is -0.164. The number of hydrogen-bond acceptors (Lipinski definition) is 3. The minimum Gasteiger partial charge on any atom is -0.298 e. The standard InChI is InChI=1S/C10H9F3N2O2S/c1-4-3-18-7-6(4)8(16)15(9(17)14-7)5(2)10(11,12)13/h3,5H,1-2H3,(H,14,17). The van der Waals surface area contributed by atoms with Gasteiger partial charge in [-0.15, -0.1) is 11.3 Å². The third kappa shape index (κ3) is 1.86. The largest absolute Gasteiger partial charge is 0.409 e. The van der Waals surface area contributed by atoms with Gasteiger partial charge in [-0.2, -0.15) is 13.2 Å². The molecule has 0 bridgehead atoms. The van der Waals surface area contributed by atoms with Crippen LogP contribution < -0.4 is 11.2 Å². The summed E-state index contributed by atoms with van der Waals surface area (Å²) in [7, 11) is 0. The van der Waals surface area contributed by atoms with Gasteiger partial charge >= 0.3 is 11.9 Å². The zero-order valence-electron chi connectivity index (χ0n) is 9.46. The van der Waals surface area contributed by atoms with Gasteiger partial charge in [0.2, 0.25) is 0 Å². The third-order valence-corrected chi connectivity index (χ3v) is 3.72. The molecule has 0 aliphatic rings. The van der Waals surface area contributed by atoms with Crippen LogP contribution in [0.15, 0.2) is 15.0 Å². The van der Waals surface area contributed by atoms with Crippen LogP contribution in [0.1, 0.15) is 18.5 Å². The maximum atomic E-state index is 12.6. The molecule has 2 heterocycles. The monoisotopic (exact) mass is 278 g/mol. The molecule has 0 aliphatic carbocycles. The van der Waals surface area contributed by atoms with Gasteiger partial charge in [-0.1, -0.05) is 0 Å². The van der Waals surface area contributed by atoms with Crippen LogP contribution in [0, 0.1) is 6.92 Å². The summed E-state index contributed by atoms with van der Waals surface area (Å²) in [5.41, 5.74) is -1.39. The lowest BCUT2D eigenvalue weighted by atomic mass is 10.2. The number of halogens is 3. The third-order valence-electron chi connectivity index (χ3n) is 2.71. The minimum absolute atomic E-state index is 0.135. The van der Waals surface area contributed by atoms with Gasteiger partial charge in [0.1, 0.15) is 10.9 Å². The van der Waals surface area contributed by atoms with E-state index in [1.807, 2.05) is 0 Å². The molecule has 18 heavy (non-hydrogen) atoms. The van der Waals surface area contributed by atoms with Crippen molar-refractivity contribution in [2.75, 3.05) is 0 Å². The average Bonchev–Trinajstić information content (AvgIpc) is 2.58. The second kappa shape index (κ2) is 3.98. The Balaban J connectivity index is 2.84. The van der Waals surface area contributed by atoms with E-state index in [2.05, 4.69) is 4.98 Å². The number of aromatic nitrogens is 2. The molecule has 0 radical (unpaired) electrons. The molecule has 0 aliphatic heterocycles. The highest BCUT2D eigenvalue weighted by Gasteiger charge is 2.39. The van der Waals surface area contributed by atoms with Gasteiger partial charge in [0.15, 0.2) is 0 Å². The van der Waals surface area contributed by atoms with Crippen LogP contribution in [0.2, 0.25) is 0 Å². The summed E-state index contributed by atoms with van der Waals surface area (Å²) < 4.78 is 38.0. The highest BCUT2D eigenvalue weighted by atomic mass is 32.1. The number of alkyl halides is 3. The fraction of sp³-hybridized carbons (Fsp3) is 0.400. The number of nitrogens with zero attached hydrogens (tertiary/aromatic N) is 1. The van der Waals surface area contributed by atoms with Crippen molar-refractivity contribution >= 4 is 21.6 Å². The van der Waals surface area contributed by atoms with Gasteiger partial charge in [-0.3, -0.25) is 9.78 Å². The molecular formula is C10H9F3N2O2S. The zero-order valence-corrected chi connectivity index (χ0v) is 10.3. The van der Waals surface area contributed by atoms with Crippen molar-refractivity contribution in [3.8, 4) is 0 Å². The average molecular weight is 278 g/mol. The number of nitrogens with one attached hydrogen (secondary N) is 1. The molecule has 4 nitrogen and oxygen atoms in total. The molecule has 0 saturated heterocycles. The van der Waals surface area contributed by atoms with Gasteiger partial charge in [-0.05, 0) is 24.8 Å². The summed E-state index contributed by atoms with van der Waals surface area (Å²) in [4.78, 5) is 26.1. The van der Waals surface area contributed by atoms with Gasteiger partial charge in [-0.25, -0.2) is 9.36 Å². The van der Waals surface area contributed by atoms with E-state index in [4.69, 9.17) is 0 Å². The first-order valence-corrected chi connectivity index (χ1v) is 5.90. The van der Waals surface area contributed by atoms with Crippen LogP contribution in [-0.4, -0.2) is 15.7 Å². The Bertz CT molecular complexity index is 710. The van der Waals surface area contributed by atoms with E-state index in [1.165, 1.54) is 0 Å². The molecule has 8 heteroatoms. The van der Waals surface area contributed by atoms with Crippen LogP contribution in [-0.2, 0) is 0 Å². The Morgan fingerprint density at radius 2 is 2.00 bits per heavy atom. The maximum Gasteiger partial charge on any atom is 0.409 e. The number of hydrogen-bond donors (Lipinski definition) is 1. The Hall–Kier alpha value is -1.57. The van der Waals surface area contributed by atoms with Crippen molar-refractivity contribution in [3.63, 3.8) is 0 Å². The molecule has 0 fully saturated rings. The van der Waals surface area contributed by atoms with E-state index < -0.39 is 23.5 Å². The number of thiophene rings is 1. The molecule has 0 saturated carbocycles. The first-order valence-electron chi connectivity index (χ1n) is 5.03. The number of fused-ring (bicyclic) bond motifs is 1. The van der Waals surface area contributed by atoms with E-state index in [9.17, 15) is 22.8 Å². The maximum absolute atomic E-state index is 12.6. The predicted octanol–water partition coefficient (Wildman–Crippen LogP) is 2.18. The number of rotatable bonds is 1. The van der Waals surface area contributed by atoms with E-state index in [0.717, 1.165) is 18.3 Å². The molecule has 2 rings (SSSR count). The van der Waals surface area contributed by atoms with Crippen molar-refractivity contribution < 1.29 is 13.2 Å². The first-order chi connectivity index (χ1) is 8.23. The van der Waals surface area contributed by atoms with Crippen molar-refractivity contribution in [2.24, 2.45) is 0 Å². The minimum atomic E-state index is -4.64. The van der Waals surface area contributed by atoms with Crippen LogP contribution in [0.25, 0.3) is 10.2 Å². The lowest BCUT2D eigenvalue weighted by Gasteiger charge is -2.17. The quantitative estimate of drug-likeness (QED) is 0.869. The lowest BCUT2D eigenvalue weighted by Crippen LogP contribution is -2.42. The second-order valence-electron chi connectivity index (χ2n) is 3.95. The van der Waals surface area contributed by atoms with E-state index in [1.54, 1.807) is 12.3 Å². The molecule has 98 valence electrons. The normalized spacial score (nSPS) is 14.1. The van der Waals surface area contributed by atoms with Crippen molar-refractivity contribution in [3.05, 3.63) is 31.8 Å². The van der Waals surface area contributed by atoms with E-state index in [-0.39, 0.29) is 9.95 Å². The Morgan fingerprint density at radius 3 is 2.56 bits per heavy atom. The van der Waals surface area contributed by atoms with Gasteiger partial charge < -0.3 is 0 Å². The molecule has 2 aromatic rings. The van der Waals surface area contributed by atoms with Gasteiger partial charge in [0.05, 0.1) is 5.39 Å². The summed E-state index contributed by atoms with van der Waals surface area (Å²) in [5, 5.41) is 1.75. The topological polar surface area (TPSA) is 54.9 Å². The highest BCUT2D eigenvalue weighted by Crippen LogP contribution is 2.28. The molecule has 2 aromatic heterocycles. The summed E-state index contributed by atoms with van der Waals surface area (Å²) in [5.74, 6) is 0. The smallest absolute Gasteiger partial charge is 0.298 e. The fourth-order valence-corrected chi connectivity index (χ4v) is 2.60. The summed E-state index contributed by atoms with van der Waals surface area (Å²) >= 11 is 1.12. The summed E-state index contributed by atoms with van der Waals surface area (Å²) in [6.07, 6.45) is -4.64. The van der Waals surface area contributed by atoms with Crippen molar-refractivity contribution in [1.82, 2.24) is 9.55 Å².